The van der Waals surface area contributed by atoms with E-state index in [1.165, 1.54) is 11.3 Å². The maximum absolute atomic E-state index is 12.1. The molecule has 0 fully saturated rings. The summed E-state index contributed by atoms with van der Waals surface area (Å²) in [6.45, 7) is 5.10. The van der Waals surface area contributed by atoms with E-state index in [2.05, 4.69) is 10.0 Å². The van der Waals surface area contributed by atoms with Crippen LogP contribution in [0.15, 0.2) is 10.3 Å². The first-order valence-electron chi connectivity index (χ1n) is 5.67. The molecule has 1 aromatic heterocycles. The number of thiophene rings is 1. The molecule has 1 heterocycles. The highest BCUT2D eigenvalue weighted by molar-refractivity contribution is 7.99. The van der Waals surface area contributed by atoms with Crippen molar-refractivity contribution in [1.29, 1.82) is 0 Å². The number of hydrogen-bond donors (Lipinski definition) is 2. The molecule has 0 aliphatic rings. The van der Waals surface area contributed by atoms with Crippen LogP contribution in [0.4, 0.5) is 0 Å². The fourth-order valence-corrected chi connectivity index (χ4v) is 4.47. The van der Waals surface area contributed by atoms with E-state index in [9.17, 15) is 8.42 Å². The van der Waals surface area contributed by atoms with Crippen LogP contribution in [0.3, 0.4) is 0 Å². The van der Waals surface area contributed by atoms with Gasteiger partial charge in [0.25, 0.3) is 0 Å². The summed E-state index contributed by atoms with van der Waals surface area (Å²) in [7, 11) is -1.51. The molecule has 2 N–H and O–H groups in total. The summed E-state index contributed by atoms with van der Waals surface area (Å²) in [5.41, 5.74) is 1.02. The van der Waals surface area contributed by atoms with Crippen molar-refractivity contribution in [1.82, 2.24) is 10.0 Å². The second-order valence-electron chi connectivity index (χ2n) is 4.10. The molecule has 0 bridgehead atoms. The first kappa shape index (κ1) is 16.0. The van der Waals surface area contributed by atoms with E-state index in [0.29, 0.717) is 17.3 Å². The van der Waals surface area contributed by atoms with Crippen LogP contribution < -0.4 is 10.0 Å². The van der Waals surface area contributed by atoms with Crippen LogP contribution in [-0.2, 0) is 16.6 Å². The predicted molar refractivity (Wildman–Crippen MR) is 80.0 cm³/mol. The lowest BCUT2D eigenvalue weighted by molar-refractivity contribution is 0.583. The molecule has 7 heteroatoms. The summed E-state index contributed by atoms with van der Waals surface area (Å²) in [4.78, 5) is 1.07. The van der Waals surface area contributed by atoms with E-state index in [-0.39, 0.29) is 5.25 Å². The average molecular weight is 308 g/mol. The molecule has 0 spiro atoms. The molecule has 0 aliphatic carbocycles. The molecule has 0 radical (unpaired) electrons. The Morgan fingerprint density at radius 1 is 1.50 bits per heavy atom. The number of hydrogen-bond acceptors (Lipinski definition) is 5. The van der Waals surface area contributed by atoms with Crippen LogP contribution in [0.25, 0.3) is 0 Å². The Labute approximate surface area is 118 Å². The first-order chi connectivity index (χ1) is 8.40. The molecule has 104 valence electrons. The van der Waals surface area contributed by atoms with Gasteiger partial charge in [-0.25, -0.2) is 13.1 Å². The molecular weight excluding hydrogens is 288 g/mol. The number of rotatable bonds is 7. The molecule has 0 saturated carbocycles. The second-order valence-corrected chi connectivity index (χ2v) is 8.51. The molecular formula is C11H20N2O2S3. The Balaban J connectivity index is 2.82. The van der Waals surface area contributed by atoms with Gasteiger partial charge < -0.3 is 5.32 Å². The molecule has 1 atom stereocenters. The minimum absolute atomic E-state index is 0.276. The summed E-state index contributed by atoms with van der Waals surface area (Å²) in [5, 5.41) is 3.32. The van der Waals surface area contributed by atoms with Crippen LogP contribution in [0.2, 0.25) is 0 Å². The number of thioether (sulfide) groups is 1. The lowest BCUT2D eigenvalue weighted by atomic mass is 10.3. The van der Waals surface area contributed by atoms with Gasteiger partial charge in [-0.05, 0) is 31.9 Å². The van der Waals surface area contributed by atoms with Gasteiger partial charge in [0, 0.05) is 23.2 Å². The van der Waals surface area contributed by atoms with Crippen LogP contribution in [0, 0.1) is 6.92 Å². The fraction of sp³-hybridized carbons (Fsp3) is 0.636. The molecule has 1 aromatic rings. The van der Waals surface area contributed by atoms with Crippen molar-refractivity contribution in [2.75, 3.05) is 19.8 Å². The van der Waals surface area contributed by atoms with E-state index in [4.69, 9.17) is 0 Å². The SMILES string of the molecule is CNCc1sc(S(=O)(=O)NCC(C)SC)cc1C. The molecule has 0 aromatic carbocycles. The minimum Gasteiger partial charge on any atom is -0.315 e. The van der Waals surface area contributed by atoms with Gasteiger partial charge in [-0.3, -0.25) is 0 Å². The largest absolute Gasteiger partial charge is 0.315 e. The lowest BCUT2D eigenvalue weighted by Crippen LogP contribution is -2.28. The number of aryl methyl sites for hydroxylation is 1. The molecule has 1 unspecified atom stereocenters. The van der Waals surface area contributed by atoms with Crippen molar-refractivity contribution in [3.8, 4) is 0 Å². The third kappa shape index (κ3) is 4.24. The lowest BCUT2D eigenvalue weighted by Gasteiger charge is -2.09. The average Bonchev–Trinajstić information content (AvgIpc) is 2.69. The highest BCUT2D eigenvalue weighted by atomic mass is 32.2. The zero-order valence-corrected chi connectivity index (χ0v) is 13.6. The molecule has 18 heavy (non-hydrogen) atoms. The second kappa shape index (κ2) is 6.91. The molecule has 0 amide bonds. The van der Waals surface area contributed by atoms with Gasteiger partial charge in [0.05, 0.1) is 0 Å². The van der Waals surface area contributed by atoms with Gasteiger partial charge in [-0.1, -0.05) is 6.92 Å². The third-order valence-corrected chi connectivity index (χ3v) is 6.67. The fourth-order valence-electron chi connectivity index (χ4n) is 1.34. The Morgan fingerprint density at radius 3 is 2.72 bits per heavy atom. The quantitative estimate of drug-likeness (QED) is 0.806. The summed E-state index contributed by atoms with van der Waals surface area (Å²) in [6.07, 6.45) is 1.97. The highest BCUT2D eigenvalue weighted by Crippen LogP contribution is 2.25. The van der Waals surface area contributed by atoms with Crippen LogP contribution >= 0.6 is 23.1 Å². The van der Waals surface area contributed by atoms with Crippen molar-refractivity contribution in [2.24, 2.45) is 0 Å². The van der Waals surface area contributed by atoms with E-state index in [0.717, 1.165) is 10.4 Å². The normalized spacial score (nSPS) is 13.8. The van der Waals surface area contributed by atoms with E-state index in [1.807, 2.05) is 27.2 Å². The Kier molecular flexibility index (Phi) is 6.13. The molecule has 0 saturated heterocycles. The van der Waals surface area contributed by atoms with Crippen LogP contribution in [-0.4, -0.2) is 33.5 Å². The van der Waals surface area contributed by atoms with Gasteiger partial charge in [-0.15, -0.1) is 11.3 Å². The minimum atomic E-state index is -3.36. The van der Waals surface area contributed by atoms with Gasteiger partial charge in [0.15, 0.2) is 0 Å². The number of sulfonamides is 1. The Bertz CT molecular complexity index is 482. The molecule has 4 nitrogen and oxygen atoms in total. The Hall–Kier alpha value is -0.0800. The van der Waals surface area contributed by atoms with Gasteiger partial charge >= 0.3 is 0 Å². The monoisotopic (exact) mass is 308 g/mol. The van der Waals surface area contributed by atoms with Crippen molar-refractivity contribution < 1.29 is 8.42 Å². The standard InChI is InChI=1S/C11H20N2O2S3/c1-8-5-11(17-10(8)7-12-3)18(14,15)13-6-9(2)16-4/h5,9,12-13H,6-7H2,1-4H3. The topological polar surface area (TPSA) is 58.2 Å². The van der Waals surface area contributed by atoms with Crippen molar-refractivity contribution in [3.63, 3.8) is 0 Å². The smallest absolute Gasteiger partial charge is 0.250 e. The van der Waals surface area contributed by atoms with Gasteiger partial charge in [0.1, 0.15) is 4.21 Å². The molecule has 1 rings (SSSR count). The van der Waals surface area contributed by atoms with Crippen molar-refractivity contribution in [3.05, 3.63) is 16.5 Å². The maximum Gasteiger partial charge on any atom is 0.250 e. The van der Waals surface area contributed by atoms with Gasteiger partial charge in [-0.2, -0.15) is 11.8 Å². The van der Waals surface area contributed by atoms with E-state index < -0.39 is 10.0 Å². The Morgan fingerprint density at radius 2 is 2.17 bits per heavy atom. The first-order valence-corrected chi connectivity index (χ1v) is 9.25. The van der Waals surface area contributed by atoms with Crippen molar-refractivity contribution >= 4 is 33.1 Å². The maximum atomic E-state index is 12.1. The van der Waals surface area contributed by atoms with Crippen LogP contribution in [0.1, 0.15) is 17.4 Å². The molecule has 0 aliphatic heterocycles. The third-order valence-electron chi connectivity index (χ3n) is 2.56. The van der Waals surface area contributed by atoms with Crippen LogP contribution in [0.5, 0.6) is 0 Å². The summed E-state index contributed by atoms with van der Waals surface area (Å²) in [6, 6.07) is 1.74. The van der Waals surface area contributed by atoms with E-state index >= 15 is 0 Å². The summed E-state index contributed by atoms with van der Waals surface area (Å²) < 4.78 is 27.2. The van der Waals surface area contributed by atoms with E-state index in [1.54, 1.807) is 17.8 Å². The predicted octanol–water partition coefficient (Wildman–Crippen LogP) is 1.81. The zero-order valence-electron chi connectivity index (χ0n) is 11.1. The van der Waals surface area contributed by atoms with Crippen molar-refractivity contribution in [2.45, 2.75) is 29.9 Å². The summed E-state index contributed by atoms with van der Waals surface area (Å²) in [5.74, 6) is 0. The highest BCUT2D eigenvalue weighted by Gasteiger charge is 2.19. The van der Waals surface area contributed by atoms with Gasteiger partial charge in [0.2, 0.25) is 10.0 Å². The summed E-state index contributed by atoms with van der Waals surface area (Å²) >= 11 is 2.97. The number of nitrogens with one attached hydrogen (secondary N) is 2. The zero-order chi connectivity index (χ0) is 13.8.